The van der Waals surface area contributed by atoms with Crippen LogP contribution in [0.3, 0.4) is 0 Å². The van der Waals surface area contributed by atoms with Crippen molar-refractivity contribution in [3.63, 3.8) is 0 Å². The maximum atomic E-state index is 13.2. The molecule has 0 aromatic heterocycles. The average molecular weight is 408 g/mol. The summed E-state index contributed by atoms with van der Waals surface area (Å²) >= 11 is 0. The molecule has 0 saturated carbocycles. The minimum atomic E-state index is 0.150. The van der Waals surface area contributed by atoms with Crippen molar-refractivity contribution < 1.29 is 4.79 Å². The highest BCUT2D eigenvalue weighted by atomic mass is 16.2. The van der Waals surface area contributed by atoms with E-state index in [-0.39, 0.29) is 5.91 Å². The highest BCUT2D eigenvalue weighted by Crippen LogP contribution is 2.30. The molecule has 3 aromatic rings. The van der Waals surface area contributed by atoms with Crippen molar-refractivity contribution in [1.82, 2.24) is 4.90 Å². The number of rotatable bonds is 4. The third-order valence-electron chi connectivity index (χ3n) is 6.98. The summed E-state index contributed by atoms with van der Waals surface area (Å²) in [5.41, 5.74) is 14.4. The second kappa shape index (κ2) is 8.72. The van der Waals surface area contributed by atoms with Crippen LogP contribution in [-0.2, 0) is 13.0 Å². The number of amides is 1. The molecular weight excluding hydrogens is 379 g/mol. The number of likely N-dealkylation sites (tertiary alicyclic amines) is 1. The second-order valence-electron chi connectivity index (χ2n) is 8.93. The lowest BCUT2D eigenvalue weighted by molar-refractivity contribution is 0.0713. The summed E-state index contributed by atoms with van der Waals surface area (Å²) in [4.78, 5) is 15.2. The van der Waals surface area contributed by atoms with Crippen molar-refractivity contribution in [1.29, 1.82) is 0 Å². The van der Waals surface area contributed by atoms with Gasteiger partial charge in [-0.2, -0.15) is 0 Å². The third-order valence-corrected chi connectivity index (χ3v) is 6.98. The number of benzene rings is 3. The molecule has 4 heteroatoms. The fourth-order valence-corrected chi connectivity index (χ4v) is 5.16. The number of nitrogens with zero attached hydrogens (tertiary/aromatic N) is 1. The number of fused-ring (bicyclic) bond motifs is 1. The van der Waals surface area contributed by atoms with E-state index in [1.807, 2.05) is 17.0 Å². The van der Waals surface area contributed by atoms with E-state index < -0.39 is 0 Å². The largest absolute Gasteiger partial charge is 0.339 e. The van der Waals surface area contributed by atoms with Gasteiger partial charge < -0.3 is 10.6 Å². The van der Waals surface area contributed by atoms with E-state index in [1.54, 1.807) is 0 Å². The molecule has 1 saturated heterocycles. The van der Waals surface area contributed by atoms with Gasteiger partial charge in [0.05, 0.1) is 0 Å². The number of hydrogen-bond donors (Lipinski definition) is 1. The minimum Gasteiger partial charge on any atom is -0.339 e. The number of carbonyl (C=O) groups excluding carboxylic acids is 1. The molecule has 2 heterocycles. The number of aryl methyl sites for hydroxylation is 1. The predicted octanol–water partition coefficient (Wildman–Crippen LogP) is 3.87. The molecule has 1 fully saturated rings. The van der Waals surface area contributed by atoms with Crippen LogP contribution in [0.25, 0.3) is 11.1 Å². The minimum absolute atomic E-state index is 0.150. The highest BCUT2D eigenvalue weighted by Gasteiger charge is 2.25. The van der Waals surface area contributed by atoms with Crippen LogP contribution in [0.1, 0.15) is 45.8 Å². The van der Waals surface area contributed by atoms with Gasteiger partial charge in [-0.15, -0.1) is 0 Å². The molecule has 2 aliphatic rings. The summed E-state index contributed by atoms with van der Waals surface area (Å²) in [7, 11) is 1.17. The lowest BCUT2D eigenvalue weighted by atomic mass is 9.71. The topological polar surface area (TPSA) is 46.3 Å². The Labute approximate surface area is 185 Å². The average Bonchev–Trinajstić information content (AvgIpc) is 3.32. The number of hydrogen-bond acceptors (Lipinski definition) is 2. The molecule has 2 N–H and O–H groups in total. The molecule has 0 aliphatic carbocycles. The first-order chi connectivity index (χ1) is 15.2. The molecule has 3 aromatic carbocycles. The van der Waals surface area contributed by atoms with Crippen LogP contribution in [0.5, 0.6) is 0 Å². The normalized spacial score (nSPS) is 16.1. The van der Waals surface area contributed by atoms with Gasteiger partial charge in [0.2, 0.25) is 0 Å². The summed E-state index contributed by atoms with van der Waals surface area (Å²) in [6.45, 7) is 2.19. The molecule has 0 spiro atoms. The summed E-state index contributed by atoms with van der Waals surface area (Å²) in [6, 6.07) is 23.5. The van der Waals surface area contributed by atoms with Crippen molar-refractivity contribution in [2.24, 2.45) is 5.73 Å². The molecule has 5 rings (SSSR count). The van der Waals surface area contributed by atoms with Gasteiger partial charge >= 0.3 is 0 Å². The third kappa shape index (κ3) is 4.17. The molecule has 3 nitrogen and oxygen atoms in total. The molecule has 0 unspecified atom stereocenters. The Morgan fingerprint density at radius 2 is 1.77 bits per heavy atom. The number of carbonyl (C=O) groups is 1. The summed E-state index contributed by atoms with van der Waals surface area (Å²) in [5, 5.41) is 0. The van der Waals surface area contributed by atoms with Gasteiger partial charge in [0.25, 0.3) is 5.91 Å². The Morgan fingerprint density at radius 3 is 2.61 bits per heavy atom. The molecule has 2 aliphatic heterocycles. The molecule has 0 atom stereocenters. The standard InChI is InChI=1S/C27H29BN2O/c29-18-19-3-1-4-22(15-19)20-10-13-30(14-11-20)27(31)25-6-2-5-23(16-25)24-8-7-21-9-12-28-26(21)17-24/h1-8,15-17,20,28H,9-14,18,29H2. The van der Waals surface area contributed by atoms with Crippen molar-refractivity contribution in [3.05, 3.63) is 89.0 Å². The van der Waals surface area contributed by atoms with E-state index in [4.69, 9.17) is 5.73 Å². The van der Waals surface area contributed by atoms with E-state index in [2.05, 4.69) is 54.6 Å². The quantitative estimate of drug-likeness (QED) is 0.667. The lowest BCUT2D eigenvalue weighted by Crippen LogP contribution is -2.37. The number of piperidine rings is 1. The van der Waals surface area contributed by atoms with Gasteiger partial charge in [-0.05, 0) is 59.6 Å². The Balaban J connectivity index is 1.28. The zero-order valence-corrected chi connectivity index (χ0v) is 18.0. The Morgan fingerprint density at radius 1 is 0.968 bits per heavy atom. The molecule has 156 valence electrons. The van der Waals surface area contributed by atoms with Crippen molar-refractivity contribution in [2.75, 3.05) is 13.1 Å². The first-order valence-corrected chi connectivity index (χ1v) is 11.5. The van der Waals surface area contributed by atoms with Crippen LogP contribution in [-0.4, -0.2) is 31.2 Å². The highest BCUT2D eigenvalue weighted by molar-refractivity contribution is 6.55. The first kappa shape index (κ1) is 20.1. The second-order valence-corrected chi connectivity index (χ2v) is 8.93. The van der Waals surface area contributed by atoms with Crippen LogP contribution in [0, 0.1) is 0 Å². The fraction of sp³-hybridized carbons (Fsp3) is 0.296. The van der Waals surface area contributed by atoms with E-state index in [1.165, 1.54) is 47.7 Å². The first-order valence-electron chi connectivity index (χ1n) is 11.5. The Kier molecular flexibility index (Phi) is 5.65. The van der Waals surface area contributed by atoms with E-state index in [9.17, 15) is 4.79 Å². The molecule has 0 radical (unpaired) electrons. The van der Waals surface area contributed by atoms with E-state index in [0.717, 1.165) is 37.1 Å². The smallest absolute Gasteiger partial charge is 0.253 e. The summed E-state index contributed by atoms with van der Waals surface area (Å²) in [6.07, 6.45) is 4.46. The maximum Gasteiger partial charge on any atom is 0.253 e. The SMILES string of the molecule is NCc1cccc(C2CCN(C(=O)c3cccc(-c4ccc5c(c4)BCC5)c3)CC2)c1. The van der Waals surface area contributed by atoms with Gasteiger partial charge in [-0.25, -0.2) is 0 Å². The van der Waals surface area contributed by atoms with Gasteiger partial charge in [0, 0.05) is 25.2 Å². The van der Waals surface area contributed by atoms with Crippen LogP contribution in [0.4, 0.5) is 0 Å². The van der Waals surface area contributed by atoms with Crippen LogP contribution >= 0.6 is 0 Å². The van der Waals surface area contributed by atoms with Crippen molar-refractivity contribution >= 4 is 18.6 Å². The molecular formula is C27H29BN2O. The van der Waals surface area contributed by atoms with Gasteiger partial charge in [-0.1, -0.05) is 71.9 Å². The monoisotopic (exact) mass is 408 g/mol. The zero-order chi connectivity index (χ0) is 21.2. The summed E-state index contributed by atoms with van der Waals surface area (Å²) in [5.74, 6) is 0.658. The van der Waals surface area contributed by atoms with Gasteiger partial charge in [0.1, 0.15) is 0 Å². The molecule has 31 heavy (non-hydrogen) atoms. The predicted molar refractivity (Wildman–Crippen MR) is 129 cm³/mol. The lowest BCUT2D eigenvalue weighted by Gasteiger charge is -2.32. The van der Waals surface area contributed by atoms with Gasteiger partial charge in [-0.3, -0.25) is 4.79 Å². The van der Waals surface area contributed by atoms with Crippen molar-refractivity contribution in [2.45, 2.75) is 38.0 Å². The van der Waals surface area contributed by atoms with E-state index >= 15 is 0 Å². The van der Waals surface area contributed by atoms with Crippen LogP contribution < -0.4 is 11.2 Å². The van der Waals surface area contributed by atoms with Crippen LogP contribution in [0.15, 0.2) is 66.7 Å². The van der Waals surface area contributed by atoms with Crippen molar-refractivity contribution in [3.8, 4) is 11.1 Å². The van der Waals surface area contributed by atoms with E-state index in [0.29, 0.717) is 12.5 Å². The maximum absolute atomic E-state index is 13.2. The van der Waals surface area contributed by atoms with Gasteiger partial charge in [0.15, 0.2) is 7.28 Å². The Hall–Kier alpha value is -2.85. The summed E-state index contributed by atoms with van der Waals surface area (Å²) < 4.78 is 0. The number of nitrogens with two attached hydrogens (primary N) is 1. The van der Waals surface area contributed by atoms with Crippen LogP contribution in [0.2, 0.25) is 6.32 Å². The Bertz CT molecular complexity index is 1100. The zero-order valence-electron chi connectivity index (χ0n) is 18.0. The molecule has 1 amide bonds. The fourth-order valence-electron chi connectivity index (χ4n) is 5.16. The molecule has 0 bridgehead atoms.